The molecule has 0 unspecified atom stereocenters. The SMILES string of the molecule is Cc1cccc2c1NS(=O)(=O)N(C(C)C)C2=O. The van der Waals surface area contributed by atoms with Crippen molar-refractivity contribution in [3.8, 4) is 0 Å². The third-order valence-electron chi connectivity index (χ3n) is 2.66. The van der Waals surface area contributed by atoms with Crippen molar-refractivity contribution >= 4 is 21.8 Å². The van der Waals surface area contributed by atoms with Gasteiger partial charge in [-0.05, 0) is 32.4 Å². The third-order valence-corrected chi connectivity index (χ3v) is 4.23. The van der Waals surface area contributed by atoms with Crippen molar-refractivity contribution in [3.63, 3.8) is 0 Å². The predicted octanol–water partition coefficient (Wildman–Crippen LogP) is 1.52. The summed E-state index contributed by atoms with van der Waals surface area (Å²) in [6, 6.07) is 4.72. The standard InChI is InChI=1S/C11H14N2O3S/c1-7(2)13-11(14)9-6-4-5-8(3)10(9)12-17(13,15)16/h4-7,12H,1-3H3. The van der Waals surface area contributed by atoms with Crippen molar-refractivity contribution in [1.29, 1.82) is 0 Å². The molecule has 1 aliphatic heterocycles. The Labute approximate surface area is 101 Å². The van der Waals surface area contributed by atoms with E-state index in [1.807, 2.05) is 0 Å². The second-order valence-corrected chi connectivity index (χ2v) is 5.85. The molecule has 1 aromatic rings. The summed E-state index contributed by atoms with van der Waals surface area (Å²) in [5, 5.41) is 0. The lowest BCUT2D eigenvalue weighted by atomic mass is 10.1. The van der Waals surface area contributed by atoms with Crippen LogP contribution in [-0.2, 0) is 10.2 Å². The molecule has 6 heteroatoms. The second kappa shape index (κ2) is 3.73. The molecule has 2 rings (SSSR count). The van der Waals surface area contributed by atoms with E-state index in [4.69, 9.17) is 0 Å². The van der Waals surface area contributed by atoms with Crippen LogP contribution in [0.15, 0.2) is 18.2 Å². The zero-order valence-electron chi connectivity index (χ0n) is 9.89. The number of hydrogen-bond donors (Lipinski definition) is 1. The highest BCUT2D eigenvalue weighted by atomic mass is 32.2. The summed E-state index contributed by atoms with van der Waals surface area (Å²) in [6.07, 6.45) is 0. The van der Waals surface area contributed by atoms with Gasteiger partial charge in [-0.2, -0.15) is 8.42 Å². The molecule has 0 saturated heterocycles. The maximum atomic E-state index is 12.1. The lowest BCUT2D eigenvalue weighted by molar-refractivity contribution is 0.0834. The molecule has 0 fully saturated rings. The number of benzene rings is 1. The maximum absolute atomic E-state index is 12.1. The first kappa shape index (κ1) is 11.9. The van der Waals surface area contributed by atoms with Crippen LogP contribution >= 0.6 is 0 Å². The summed E-state index contributed by atoms with van der Waals surface area (Å²) < 4.78 is 27.2. The lowest BCUT2D eigenvalue weighted by Gasteiger charge is -2.32. The van der Waals surface area contributed by atoms with Crippen LogP contribution in [0.3, 0.4) is 0 Å². The molecule has 1 N–H and O–H groups in total. The number of nitrogens with zero attached hydrogens (tertiary/aromatic N) is 1. The molecule has 17 heavy (non-hydrogen) atoms. The van der Waals surface area contributed by atoms with E-state index in [-0.39, 0.29) is 0 Å². The molecule has 5 nitrogen and oxygen atoms in total. The van der Waals surface area contributed by atoms with Gasteiger partial charge in [-0.3, -0.25) is 9.52 Å². The smallest absolute Gasteiger partial charge is 0.268 e. The summed E-state index contributed by atoms with van der Waals surface area (Å²) in [5.41, 5.74) is 1.52. The Balaban J connectivity index is 2.66. The van der Waals surface area contributed by atoms with Gasteiger partial charge in [0, 0.05) is 6.04 Å². The Morgan fingerprint density at radius 3 is 2.53 bits per heavy atom. The molecule has 0 aromatic heterocycles. The van der Waals surface area contributed by atoms with Crippen LogP contribution in [0.2, 0.25) is 0 Å². The predicted molar refractivity (Wildman–Crippen MR) is 65.0 cm³/mol. The molecule has 0 radical (unpaired) electrons. The molecular formula is C11H14N2O3S. The third kappa shape index (κ3) is 1.78. The first-order valence-electron chi connectivity index (χ1n) is 5.30. The van der Waals surface area contributed by atoms with Crippen LogP contribution in [0.25, 0.3) is 0 Å². The zero-order chi connectivity index (χ0) is 12.8. The van der Waals surface area contributed by atoms with Gasteiger partial charge >= 0.3 is 10.2 Å². The fourth-order valence-electron chi connectivity index (χ4n) is 1.90. The summed E-state index contributed by atoms with van der Waals surface area (Å²) in [5.74, 6) is -0.475. The van der Waals surface area contributed by atoms with Gasteiger partial charge < -0.3 is 0 Å². The molecule has 1 aliphatic rings. The molecule has 1 aromatic carbocycles. The van der Waals surface area contributed by atoms with E-state index in [1.54, 1.807) is 39.0 Å². The van der Waals surface area contributed by atoms with Crippen LogP contribution in [0.1, 0.15) is 29.8 Å². The minimum Gasteiger partial charge on any atom is -0.268 e. The first-order valence-corrected chi connectivity index (χ1v) is 6.74. The van der Waals surface area contributed by atoms with E-state index in [1.165, 1.54) is 0 Å². The Bertz CT molecular complexity index is 578. The monoisotopic (exact) mass is 254 g/mol. The first-order chi connectivity index (χ1) is 7.84. The molecule has 0 aliphatic carbocycles. The van der Waals surface area contributed by atoms with Gasteiger partial charge in [-0.25, -0.2) is 4.31 Å². The highest BCUT2D eigenvalue weighted by Gasteiger charge is 2.37. The molecule has 92 valence electrons. The summed E-state index contributed by atoms with van der Waals surface area (Å²) in [4.78, 5) is 12.1. The average Bonchev–Trinajstić information content (AvgIpc) is 2.18. The van der Waals surface area contributed by atoms with E-state index in [0.717, 1.165) is 9.87 Å². The van der Waals surface area contributed by atoms with Crippen molar-refractivity contribution in [2.75, 3.05) is 4.72 Å². The van der Waals surface area contributed by atoms with E-state index in [9.17, 15) is 13.2 Å². The van der Waals surface area contributed by atoms with Crippen LogP contribution in [0, 0.1) is 6.92 Å². The maximum Gasteiger partial charge on any atom is 0.326 e. The fourth-order valence-corrected chi connectivity index (χ4v) is 3.40. The van der Waals surface area contributed by atoms with Crippen LogP contribution in [0.4, 0.5) is 5.69 Å². The number of para-hydroxylation sites is 1. The Morgan fingerprint density at radius 1 is 1.29 bits per heavy atom. The van der Waals surface area contributed by atoms with Gasteiger partial charge in [0.1, 0.15) is 0 Å². The molecule has 1 amide bonds. The number of aryl methyl sites for hydroxylation is 1. The molecular weight excluding hydrogens is 240 g/mol. The summed E-state index contributed by atoms with van der Waals surface area (Å²) in [7, 11) is -3.77. The lowest BCUT2D eigenvalue weighted by Crippen LogP contribution is -2.48. The number of hydrogen-bond acceptors (Lipinski definition) is 3. The topological polar surface area (TPSA) is 66.5 Å². The number of amides is 1. The Hall–Kier alpha value is -1.56. The van der Waals surface area contributed by atoms with E-state index in [0.29, 0.717) is 11.3 Å². The largest absolute Gasteiger partial charge is 0.326 e. The normalized spacial score (nSPS) is 17.9. The Morgan fingerprint density at radius 2 is 1.94 bits per heavy atom. The Kier molecular flexibility index (Phi) is 2.61. The quantitative estimate of drug-likeness (QED) is 0.826. The van der Waals surface area contributed by atoms with Gasteiger partial charge in [-0.1, -0.05) is 12.1 Å². The molecule has 1 heterocycles. The summed E-state index contributed by atoms with van der Waals surface area (Å²) >= 11 is 0. The van der Waals surface area contributed by atoms with Gasteiger partial charge in [0.15, 0.2) is 0 Å². The summed E-state index contributed by atoms with van der Waals surface area (Å²) in [6.45, 7) is 5.09. The van der Waals surface area contributed by atoms with Crippen molar-refractivity contribution in [2.45, 2.75) is 26.8 Å². The highest BCUT2D eigenvalue weighted by molar-refractivity contribution is 7.91. The number of anilines is 1. The molecule has 0 saturated carbocycles. The van der Waals surface area contributed by atoms with Crippen LogP contribution in [-0.4, -0.2) is 24.7 Å². The second-order valence-electron chi connectivity index (χ2n) is 4.30. The fraction of sp³-hybridized carbons (Fsp3) is 0.364. The molecule has 0 spiro atoms. The van der Waals surface area contributed by atoms with Gasteiger partial charge in [0.25, 0.3) is 5.91 Å². The van der Waals surface area contributed by atoms with E-state index in [2.05, 4.69) is 4.72 Å². The van der Waals surface area contributed by atoms with Gasteiger partial charge in [-0.15, -0.1) is 0 Å². The van der Waals surface area contributed by atoms with E-state index < -0.39 is 22.2 Å². The number of nitrogens with one attached hydrogen (secondary N) is 1. The van der Waals surface area contributed by atoms with Crippen molar-refractivity contribution in [2.24, 2.45) is 0 Å². The average molecular weight is 254 g/mol. The van der Waals surface area contributed by atoms with Crippen molar-refractivity contribution in [3.05, 3.63) is 29.3 Å². The highest BCUT2D eigenvalue weighted by Crippen LogP contribution is 2.30. The number of carbonyl (C=O) groups excluding carboxylic acids is 1. The minimum atomic E-state index is -3.77. The van der Waals surface area contributed by atoms with Crippen molar-refractivity contribution < 1.29 is 13.2 Å². The number of rotatable bonds is 1. The number of carbonyl (C=O) groups is 1. The minimum absolute atomic E-state index is 0.384. The molecule has 0 atom stereocenters. The zero-order valence-corrected chi connectivity index (χ0v) is 10.7. The van der Waals surface area contributed by atoms with Gasteiger partial charge in [0.05, 0.1) is 11.3 Å². The molecule has 0 bridgehead atoms. The van der Waals surface area contributed by atoms with Gasteiger partial charge in [0.2, 0.25) is 0 Å². The van der Waals surface area contributed by atoms with Crippen molar-refractivity contribution in [1.82, 2.24) is 4.31 Å². The number of fused-ring (bicyclic) bond motifs is 1. The van der Waals surface area contributed by atoms with Crippen LogP contribution < -0.4 is 4.72 Å². The van der Waals surface area contributed by atoms with E-state index >= 15 is 0 Å². The van der Waals surface area contributed by atoms with Crippen LogP contribution in [0.5, 0.6) is 0 Å².